The largest absolute Gasteiger partial charge is 0.377 e. The van der Waals surface area contributed by atoms with Crippen LogP contribution in [0.15, 0.2) is 0 Å². The number of likely N-dealkylation sites (N-methyl/N-ethyl adjacent to an activating group) is 1. The molecule has 0 aliphatic carbocycles. The van der Waals surface area contributed by atoms with Gasteiger partial charge in [0, 0.05) is 19.2 Å². The number of ether oxygens (including phenoxy) is 1. The summed E-state index contributed by atoms with van der Waals surface area (Å²) in [5.41, 5.74) is 6.02. The molecule has 3 nitrogen and oxygen atoms in total. The summed E-state index contributed by atoms with van der Waals surface area (Å²) in [6.07, 6.45) is 4.00. The Kier molecular flexibility index (Phi) is 5.58. The van der Waals surface area contributed by atoms with Crippen LogP contribution in [0.4, 0.5) is 0 Å². The summed E-state index contributed by atoms with van der Waals surface area (Å²) in [4.78, 5) is 2.35. The van der Waals surface area contributed by atoms with E-state index >= 15 is 0 Å². The molecule has 2 atom stereocenters. The van der Waals surface area contributed by atoms with Gasteiger partial charge in [-0.3, -0.25) is 0 Å². The Morgan fingerprint density at radius 1 is 1.47 bits per heavy atom. The molecule has 0 spiro atoms. The third kappa shape index (κ3) is 4.96. The van der Waals surface area contributed by atoms with Gasteiger partial charge in [0.1, 0.15) is 0 Å². The number of rotatable bonds is 6. The molecule has 90 valence electrons. The number of nitrogens with zero attached hydrogens (tertiary/aromatic N) is 1. The lowest BCUT2D eigenvalue weighted by Crippen LogP contribution is -2.35. The smallest absolute Gasteiger partial charge is 0.0702 e. The fraction of sp³-hybridized carbons (Fsp3) is 1.00. The topological polar surface area (TPSA) is 38.5 Å². The number of nitrogens with two attached hydrogens (primary N) is 1. The summed E-state index contributed by atoms with van der Waals surface area (Å²) >= 11 is 0. The molecule has 1 aliphatic heterocycles. The SMILES string of the molecule is CC(C)C(N)CCN(C)CC1CCCO1. The van der Waals surface area contributed by atoms with E-state index in [0.717, 1.165) is 26.1 Å². The minimum absolute atomic E-state index is 0.331. The van der Waals surface area contributed by atoms with Crippen LogP contribution >= 0.6 is 0 Å². The maximum atomic E-state index is 6.02. The molecule has 1 fully saturated rings. The molecule has 0 bridgehead atoms. The Bertz CT molecular complexity index is 167. The molecule has 15 heavy (non-hydrogen) atoms. The number of hydrogen-bond donors (Lipinski definition) is 1. The van der Waals surface area contributed by atoms with Crippen molar-refractivity contribution >= 4 is 0 Å². The first-order valence-electron chi connectivity index (χ1n) is 6.15. The van der Waals surface area contributed by atoms with Gasteiger partial charge >= 0.3 is 0 Å². The number of hydrogen-bond acceptors (Lipinski definition) is 3. The molecule has 0 amide bonds. The van der Waals surface area contributed by atoms with Crippen molar-refractivity contribution in [1.82, 2.24) is 4.90 Å². The lowest BCUT2D eigenvalue weighted by atomic mass is 10.0. The van der Waals surface area contributed by atoms with E-state index in [9.17, 15) is 0 Å². The Morgan fingerprint density at radius 2 is 2.20 bits per heavy atom. The highest BCUT2D eigenvalue weighted by Crippen LogP contribution is 2.13. The van der Waals surface area contributed by atoms with Crippen LogP contribution in [0, 0.1) is 5.92 Å². The second kappa shape index (κ2) is 6.46. The van der Waals surface area contributed by atoms with Gasteiger partial charge in [0.05, 0.1) is 6.10 Å². The molecule has 1 heterocycles. The van der Waals surface area contributed by atoms with Crippen LogP contribution in [0.3, 0.4) is 0 Å². The van der Waals surface area contributed by atoms with Crippen molar-refractivity contribution in [1.29, 1.82) is 0 Å². The maximum Gasteiger partial charge on any atom is 0.0702 e. The van der Waals surface area contributed by atoms with E-state index in [1.165, 1.54) is 12.8 Å². The van der Waals surface area contributed by atoms with Crippen LogP contribution in [0.2, 0.25) is 0 Å². The monoisotopic (exact) mass is 214 g/mol. The molecule has 0 radical (unpaired) electrons. The molecule has 1 saturated heterocycles. The van der Waals surface area contributed by atoms with Crippen LogP contribution in [0.1, 0.15) is 33.1 Å². The molecule has 0 saturated carbocycles. The lowest BCUT2D eigenvalue weighted by molar-refractivity contribution is 0.0800. The molecule has 2 unspecified atom stereocenters. The van der Waals surface area contributed by atoms with Gasteiger partial charge in [0.2, 0.25) is 0 Å². The van der Waals surface area contributed by atoms with E-state index in [4.69, 9.17) is 10.5 Å². The average molecular weight is 214 g/mol. The van der Waals surface area contributed by atoms with Crippen LogP contribution in [-0.2, 0) is 4.74 Å². The predicted molar refractivity (Wildman–Crippen MR) is 63.9 cm³/mol. The molecule has 2 N–H and O–H groups in total. The Hall–Kier alpha value is -0.120. The highest BCUT2D eigenvalue weighted by molar-refractivity contribution is 4.71. The van der Waals surface area contributed by atoms with Gasteiger partial charge < -0.3 is 15.4 Å². The summed E-state index contributed by atoms with van der Waals surface area (Å²) in [5, 5.41) is 0. The second-order valence-electron chi connectivity index (χ2n) is 5.09. The Morgan fingerprint density at radius 3 is 2.73 bits per heavy atom. The first-order chi connectivity index (χ1) is 7.09. The van der Waals surface area contributed by atoms with Crippen LogP contribution in [-0.4, -0.2) is 43.8 Å². The second-order valence-corrected chi connectivity index (χ2v) is 5.09. The third-order valence-electron chi connectivity index (χ3n) is 3.24. The van der Waals surface area contributed by atoms with Gasteiger partial charge in [-0.15, -0.1) is 0 Å². The first kappa shape index (κ1) is 12.9. The van der Waals surface area contributed by atoms with Crippen molar-refractivity contribution in [3.63, 3.8) is 0 Å². The van der Waals surface area contributed by atoms with E-state index in [1.54, 1.807) is 0 Å². The van der Waals surface area contributed by atoms with E-state index < -0.39 is 0 Å². The van der Waals surface area contributed by atoms with E-state index in [-0.39, 0.29) is 0 Å². The van der Waals surface area contributed by atoms with E-state index in [1.807, 2.05) is 0 Å². The minimum atomic E-state index is 0.331. The molecule has 0 aromatic heterocycles. The Balaban J connectivity index is 2.09. The van der Waals surface area contributed by atoms with Gasteiger partial charge in [-0.25, -0.2) is 0 Å². The summed E-state index contributed by atoms with van der Waals surface area (Å²) in [7, 11) is 2.16. The predicted octanol–water partition coefficient (Wildman–Crippen LogP) is 1.47. The lowest BCUT2D eigenvalue weighted by Gasteiger charge is -2.23. The van der Waals surface area contributed by atoms with Crippen molar-refractivity contribution < 1.29 is 4.74 Å². The van der Waals surface area contributed by atoms with Crippen molar-refractivity contribution in [2.24, 2.45) is 11.7 Å². The zero-order chi connectivity index (χ0) is 11.3. The van der Waals surface area contributed by atoms with Crippen molar-refractivity contribution in [3.8, 4) is 0 Å². The van der Waals surface area contributed by atoms with Gasteiger partial charge in [0.15, 0.2) is 0 Å². The van der Waals surface area contributed by atoms with E-state index in [2.05, 4.69) is 25.8 Å². The summed E-state index contributed by atoms with van der Waals surface area (Å²) in [5.74, 6) is 0.584. The van der Waals surface area contributed by atoms with Gasteiger partial charge in [-0.2, -0.15) is 0 Å². The van der Waals surface area contributed by atoms with Crippen LogP contribution in [0.5, 0.6) is 0 Å². The van der Waals surface area contributed by atoms with Crippen molar-refractivity contribution in [2.75, 3.05) is 26.7 Å². The summed E-state index contributed by atoms with van der Waals surface area (Å²) < 4.78 is 5.60. The molecule has 1 rings (SSSR count). The maximum absolute atomic E-state index is 6.02. The molecule has 0 aromatic carbocycles. The normalized spacial score (nSPS) is 24.0. The summed E-state index contributed by atoms with van der Waals surface area (Å²) in [6, 6.07) is 0.331. The van der Waals surface area contributed by atoms with Gasteiger partial charge in [0.25, 0.3) is 0 Å². The van der Waals surface area contributed by atoms with Crippen molar-refractivity contribution in [2.45, 2.75) is 45.3 Å². The zero-order valence-corrected chi connectivity index (χ0v) is 10.4. The zero-order valence-electron chi connectivity index (χ0n) is 10.4. The fourth-order valence-electron chi connectivity index (χ4n) is 1.93. The summed E-state index contributed by atoms with van der Waals surface area (Å²) in [6.45, 7) is 7.46. The molecule has 0 aromatic rings. The van der Waals surface area contributed by atoms with Crippen molar-refractivity contribution in [3.05, 3.63) is 0 Å². The first-order valence-corrected chi connectivity index (χ1v) is 6.15. The van der Waals surface area contributed by atoms with Crippen LogP contribution in [0.25, 0.3) is 0 Å². The molecular formula is C12H26N2O. The quantitative estimate of drug-likeness (QED) is 0.727. The molecule has 1 aliphatic rings. The fourth-order valence-corrected chi connectivity index (χ4v) is 1.93. The standard InChI is InChI=1S/C12H26N2O/c1-10(2)12(13)6-7-14(3)9-11-5-4-8-15-11/h10-12H,4-9,13H2,1-3H3. The minimum Gasteiger partial charge on any atom is -0.377 e. The third-order valence-corrected chi connectivity index (χ3v) is 3.24. The highest BCUT2D eigenvalue weighted by Gasteiger charge is 2.17. The van der Waals surface area contributed by atoms with Crippen LogP contribution < -0.4 is 5.73 Å². The molecule has 3 heteroatoms. The van der Waals surface area contributed by atoms with Gasteiger partial charge in [-0.05, 0) is 38.8 Å². The van der Waals surface area contributed by atoms with Gasteiger partial charge in [-0.1, -0.05) is 13.8 Å². The van der Waals surface area contributed by atoms with E-state index in [0.29, 0.717) is 18.1 Å². The highest BCUT2D eigenvalue weighted by atomic mass is 16.5. The average Bonchev–Trinajstić information content (AvgIpc) is 2.66. The Labute approximate surface area is 94.0 Å². The molecular weight excluding hydrogens is 188 g/mol.